The maximum atomic E-state index is 9.92. The number of anilines is 1. The zero-order valence-corrected chi connectivity index (χ0v) is 12.4. The number of rotatable bonds is 5. The number of pyridine rings is 1. The molecular weight excluding hydrogens is 248 g/mol. The van der Waals surface area contributed by atoms with Crippen molar-refractivity contribution < 1.29 is 5.11 Å². The lowest BCUT2D eigenvalue weighted by Gasteiger charge is -2.20. The Morgan fingerprint density at radius 1 is 1.15 bits per heavy atom. The van der Waals surface area contributed by atoms with E-state index in [1.165, 1.54) is 5.56 Å². The van der Waals surface area contributed by atoms with Crippen LogP contribution in [0.4, 0.5) is 5.82 Å². The van der Waals surface area contributed by atoms with Gasteiger partial charge in [-0.15, -0.1) is 0 Å². The minimum atomic E-state index is -0.420. The minimum Gasteiger partial charge on any atom is -0.388 e. The zero-order chi connectivity index (χ0) is 14.5. The molecule has 106 valence electrons. The quantitative estimate of drug-likeness (QED) is 0.903. The summed E-state index contributed by atoms with van der Waals surface area (Å²) in [4.78, 5) is 6.72. The lowest BCUT2D eigenvalue weighted by atomic mass is 10.1. The highest BCUT2D eigenvalue weighted by Crippen LogP contribution is 2.22. The van der Waals surface area contributed by atoms with Gasteiger partial charge in [-0.3, -0.25) is 0 Å². The number of aryl methyl sites for hydroxylation is 1. The maximum absolute atomic E-state index is 9.92. The maximum Gasteiger partial charge on any atom is 0.128 e. The van der Waals surface area contributed by atoms with Crippen LogP contribution in [0.25, 0.3) is 0 Å². The van der Waals surface area contributed by atoms with E-state index in [4.69, 9.17) is 0 Å². The summed E-state index contributed by atoms with van der Waals surface area (Å²) in [5, 5.41) is 9.92. The number of aromatic nitrogens is 1. The van der Waals surface area contributed by atoms with Crippen LogP contribution >= 0.6 is 0 Å². The number of hydrogen-bond acceptors (Lipinski definition) is 3. The molecule has 0 aliphatic rings. The summed E-state index contributed by atoms with van der Waals surface area (Å²) in [5.74, 6) is 0.929. The van der Waals surface area contributed by atoms with Crippen molar-refractivity contribution in [1.82, 2.24) is 4.98 Å². The third-order valence-electron chi connectivity index (χ3n) is 3.51. The zero-order valence-electron chi connectivity index (χ0n) is 12.4. The first-order valence-electron chi connectivity index (χ1n) is 7.02. The molecule has 0 aliphatic heterocycles. The van der Waals surface area contributed by atoms with Crippen LogP contribution in [0.2, 0.25) is 0 Å². The van der Waals surface area contributed by atoms with E-state index >= 15 is 0 Å². The summed E-state index contributed by atoms with van der Waals surface area (Å²) in [7, 11) is 2.03. The van der Waals surface area contributed by atoms with E-state index in [1.54, 1.807) is 0 Å². The second kappa shape index (κ2) is 6.53. The summed E-state index contributed by atoms with van der Waals surface area (Å²) in [6.45, 7) is 4.75. The normalized spacial score (nSPS) is 12.2. The molecule has 1 heterocycles. The highest BCUT2D eigenvalue weighted by Gasteiger charge is 2.11. The molecule has 0 saturated carbocycles. The van der Waals surface area contributed by atoms with Crippen molar-refractivity contribution in [3.8, 4) is 0 Å². The third-order valence-corrected chi connectivity index (χ3v) is 3.51. The van der Waals surface area contributed by atoms with Crippen molar-refractivity contribution in [2.24, 2.45) is 0 Å². The van der Waals surface area contributed by atoms with Crippen LogP contribution in [-0.2, 0) is 6.54 Å². The molecule has 3 nitrogen and oxygen atoms in total. The number of benzene rings is 1. The SMILES string of the molecule is CC[C@@H](O)c1ccc(N(C)Cc2ccccc2)nc1C. The van der Waals surface area contributed by atoms with E-state index in [1.807, 2.05) is 51.2 Å². The summed E-state index contributed by atoms with van der Waals surface area (Å²) in [5.41, 5.74) is 3.08. The van der Waals surface area contributed by atoms with E-state index in [2.05, 4.69) is 22.0 Å². The first-order chi connectivity index (χ1) is 9.61. The molecule has 0 aliphatic carbocycles. The van der Waals surface area contributed by atoms with Gasteiger partial charge >= 0.3 is 0 Å². The van der Waals surface area contributed by atoms with Crippen LogP contribution in [0.15, 0.2) is 42.5 Å². The average Bonchev–Trinajstić information content (AvgIpc) is 2.47. The van der Waals surface area contributed by atoms with Gasteiger partial charge in [0.25, 0.3) is 0 Å². The van der Waals surface area contributed by atoms with Gasteiger partial charge in [-0.25, -0.2) is 4.98 Å². The van der Waals surface area contributed by atoms with Crippen molar-refractivity contribution in [3.63, 3.8) is 0 Å². The molecule has 2 aromatic rings. The minimum absolute atomic E-state index is 0.420. The monoisotopic (exact) mass is 270 g/mol. The van der Waals surface area contributed by atoms with Gasteiger partial charge in [-0.1, -0.05) is 43.3 Å². The molecule has 3 heteroatoms. The van der Waals surface area contributed by atoms with Crippen LogP contribution in [0.5, 0.6) is 0 Å². The molecule has 0 bridgehead atoms. The average molecular weight is 270 g/mol. The molecule has 2 rings (SSSR count). The van der Waals surface area contributed by atoms with Gasteiger partial charge in [0.05, 0.1) is 6.10 Å². The second-order valence-corrected chi connectivity index (χ2v) is 5.11. The Kier molecular flexibility index (Phi) is 4.74. The molecular formula is C17H22N2O. The molecule has 0 spiro atoms. The van der Waals surface area contributed by atoms with Crippen LogP contribution in [0.1, 0.15) is 36.3 Å². The molecule has 1 aromatic heterocycles. The van der Waals surface area contributed by atoms with Crippen molar-refractivity contribution in [2.75, 3.05) is 11.9 Å². The lowest BCUT2D eigenvalue weighted by Crippen LogP contribution is -2.18. The van der Waals surface area contributed by atoms with Crippen molar-refractivity contribution in [1.29, 1.82) is 0 Å². The first kappa shape index (κ1) is 14.5. The number of hydrogen-bond donors (Lipinski definition) is 1. The number of aliphatic hydroxyl groups excluding tert-OH is 1. The molecule has 1 atom stereocenters. The molecule has 0 radical (unpaired) electrons. The van der Waals surface area contributed by atoms with Crippen molar-refractivity contribution in [2.45, 2.75) is 32.9 Å². The second-order valence-electron chi connectivity index (χ2n) is 5.11. The Morgan fingerprint density at radius 2 is 1.85 bits per heavy atom. The predicted molar refractivity (Wildman–Crippen MR) is 82.8 cm³/mol. The standard InChI is InChI=1S/C17H22N2O/c1-4-16(20)15-10-11-17(18-13(15)2)19(3)12-14-8-6-5-7-9-14/h5-11,16,20H,4,12H2,1-3H3/t16-/m1/s1. The molecule has 1 aromatic carbocycles. The third kappa shape index (κ3) is 3.36. The van der Waals surface area contributed by atoms with E-state index in [0.29, 0.717) is 6.42 Å². The Bertz CT molecular complexity index is 554. The van der Waals surface area contributed by atoms with Crippen molar-refractivity contribution in [3.05, 3.63) is 59.3 Å². The largest absolute Gasteiger partial charge is 0.388 e. The van der Waals surface area contributed by atoms with Gasteiger partial charge in [0.1, 0.15) is 5.82 Å². The fraction of sp³-hybridized carbons (Fsp3) is 0.353. The van der Waals surface area contributed by atoms with Crippen LogP contribution in [0, 0.1) is 6.92 Å². The topological polar surface area (TPSA) is 36.4 Å². The molecule has 0 amide bonds. The van der Waals surface area contributed by atoms with Crippen molar-refractivity contribution >= 4 is 5.82 Å². The molecule has 20 heavy (non-hydrogen) atoms. The highest BCUT2D eigenvalue weighted by molar-refractivity contribution is 5.42. The predicted octanol–water partition coefficient (Wildman–Crippen LogP) is 3.47. The summed E-state index contributed by atoms with van der Waals surface area (Å²) < 4.78 is 0. The first-order valence-corrected chi connectivity index (χ1v) is 7.02. The van der Waals surface area contributed by atoms with E-state index in [0.717, 1.165) is 23.6 Å². The lowest BCUT2D eigenvalue weighted by molar-refractivity contribution is 0.172. The Morgan fingerprint density at radius 3 is 2.45 bits per heavy atom. The van der Waals surface area contributed by atoms with Crippen LogP contribution in [0.3, 0.4) is 0 Å². The fourth-order valence-electron chi connectivity index (χ4n) is 2.28. The fourth-order valence-corrected chi connectivity index (χ4v) is 2.28. The van der Waals surface area contributed by atoms with Gasteiger partial charge in [-0.05, 0) is 25.0 Å². The smallest absolute Gasteiger partial charge is 0.128 e. The van der Waals surface area contributed by atoms with Gasteiger partial charge in [-0.2, -0.15) is 0 Å². The Balaban J connectivity index is 2.15. The molecule has 0 unspecified atom stereocenters. The van der Waals surface area contributed by atoms with Gasteiger partial charge in [0.2, 0.25) is 0 Å². The van der Waals surface area contributed by atoms with Gasteiger partial charge < -0.3 is 10.0 Å². The Labute approximate surface area is 120 Å². The summed E-state index contributed by atoms with van der Waals surface area (Å²) in [6, 6.07) is 14.3. The Hall–Kier alpha value is -1.87. The van der Waals surface area contributed by atoms with E-state index in [9.17, 15) is 5.11 Å². The number of nitrogens with zero attached hydrogens (tertiary/aromatic N) is 2. The molecule has 1 N–H and O–H groups in total. The van der Waals surface area contributed by atoms with Gasteiger partial charge in [0.15, 0.2) is 0 Å². The van der Waals surface area contributed by atoms with E-state index in [-0.39, 0.29) is 0 Å². The summed E-state index contributed by atoms with van der Waals surface area (Å²) in [6.07, 6.45) is 0.290. The number of aliphatic hydroxyl groups is 1. The molecule has 0 saturated heterocycles. The van der Waals surface area contributed by atoms with E-state index < -0.39 is 6.10 Å². The van der Waals surface area contributed by atoms with Crippen LogP contribution in [-0.4, -0.2) is 17.1 Å². The summed E-state index contributed by atoms with van der Waals surface area (Å²) >= 11 is 0. The highest BCUT2D eigenvalue weighted by atomic mass is 16.3. The van der Waals surface area contributed by atoms with Gasteiger partial charge in [0, 0.05) is 24.8 Å². The molecule has 0 fully saturated rings. The van der Waals surface area contributed by atoms with Crippen LogP contribution < -0.4 is 4.90 Å².